The SMILES string of the molecule is CCC(=O)N1CCN(S(=O)(=O)c2ccc(Cl)s2)CC1. The lowest BCUT2D eigenvalue weighted by Crippen LogP contribution is -2.50. The van der Waals surface area contributed by atoms with Crippen molar-refractivity contribution in [2.75, 3.05) is 26.2 Å². The van der Waals surface area contributed by atoms with Crippen LogP contribution >= 0.6 is 22.9 Å². The van der Waals surface area contributed by atoms with Crippen molar-refractivity contribution in [1.29, 1.82) is 0 Å². The molecule has 0 N–H and O–H groups in total. The average molecular weight is 323 g/mol. The van der Waals surface area contributed by atoms with E-state index in [4.69, 9.17) is 11.6 Å². The zero-order chi connectivity index (χ0) is 14.0. The second kappa shape index (κ2) is 5.78. The second-order valence-electron chi connectivity index (χ2n) is 4.20. The fourth-order valence-corrected chi connectivity index (χ4v) is 5.02. The van der Waals surface area contributed by atoms with Crippen LogP contribution in [0.5, 0.6) is 0 Å². The molecule has 2 heterocycles. The van der Waals surface area contributed by atoms with Crippen molar-refractivity contribution < 1.29 is 13.2 Å². The van der Waals surface area contributed by atoms with Crippen LogP contribution in [0.25, 0.3) is 0 Å². The average Bonchev–Trinajstić information content (AvgIpc) is 2.85. The van der Waals surface area contributed by atoms with Gasteiger partial charge in [-0.3, -0.25) is 4.79 Å². The number of halogens is 1. The largest absolute Gasteiger partial charge is 0.340 e. The van der Waals surface area contributed by atoms with E-state index >= 15 is 0 Å². The number of nitrogens with zero attached hydrogens (tertiary/aromatic N) is 2. The summed E-state index contributed by atoms with van der Waals surface area (Å²) < 4.78 is 26.8. The van der Waals surface area contributed by atoms with Gasteiger partial charge in [-0.1, -0.05) is 18.5 Å². The van der Waals surface area contributed by atoms with Crippen LogP contribution in [0.3, 0.4) is 0 Å². The van der Waals surface area contributed by atoms with Crippen molar-refractivity contribution in [3.8, 4) is 0 Å². The Morgan fingerprint density at radius 1 is 1.32 bits per heavy atom. The van der Waals surface area contributed by atoms with Gasteiger partial charge in [-0.05, 0) is 12.1 Å². The lowest BCUT2D eigenvalue weighted by Gasteiger charge is -2.33. The van der Waals surface area contributed by atoms with Gasteiger partial charge in [-0.25, -0.2) is 8.42 Å². The number of thiophene rings is 1. The van der Waals surface area contributed by atoms with Crippen molar-refractivity contribution in [1.82, 2.24) is 9.21 Å². The van der Waals surface area contributed by atoms with Gasteiger partial charge < -0.3 is 4.90 Å². The van der Waals surface area contributed by atoms with Crippen LogP contribution in [0, 0.1) is 0 Å². The minimum Gasteiger partial charge on any atom is -0.340 e. The summed E-state index contributed by atoms with van der Waals surface area (Å²) in [6.45, 7) is 3.38. The molecular weight excluding hydrogens is 308 g/mol. The number of carbonyl (C=O) groups excluding carboxylic acids is 1. The summed E-state index contributed by atoms with van der Waals surface area (Å²) in [4.78, 5) is 13.2. The van der Waals surface area contributed by atoms with Crippen LogP contribution in [-0.4, -0.2) is 49.7 Å². The first-order valence-corrected chi connectivity index (χ1v) is 8.62. The van der Waals surface area contributed by atoms with E-state index in [1.54, 1.807) is 17.9 Å². The first-order chi connectivity index (χ1) is 8.95. The maximum Gasteiger partial charge on any atom is 0.252 e. The Labute approximate surface area is 121 Å². The summed E-state index contributed by atoms with van der Waals surface area (Å²) in [5, 5.41) is 0. The van der Waals surface area contributed by atoms with Crippen LogP contribution in [0.15, 0.2) is 16.3 Å². The number of piperazine rings is 1. The Kier molecular flexibility index (Phi) is 4.50. The van der Waals surface area contributed by atoms with Crippen molar-refractivity contribution in [3.05, 3.63) is 16.5 Å². The molecule has 0 unspecified atom stereocenters. The molecule has 1 aliphatic heterocycles. The van der Waals surface area contributed by atoms with Gasteiger partial charge in [0.05, 0.1) is 4.34 Å². The predicted molar refractivity (Wildman–Crippen MR) is 75.0 cm³/mol. The van der Waals surface area contributed by atoms with E-state index in [2.05, 4.69) is 0 Å². The highest BCUT2D eigenvalue weighted by Gasteiger charge is 2.30. The lowest BCUT2D eigenvalue weighted by atomic mass is 10.3. The van der Waals surface area contributed by atoms with Crippen LogP contribution < -0.4 is 0 Å². The Morgan fingerprint density at radius 2 is 1.95 bits per heavy atom. The van der Waals surface area contributed by atoms with E-state index in [1.165, 1.54) is 10.4 Å². The molecule has 5 nitrogen and oxygen atoms in total. The summed E-state index contributed by atoms with van der Waals surface area (Å²) in [6, 6.07) is 3.10. The fraction of sp³-hybridized carbons (Fsp3) is 0.545. The molecule has 0 aromatic carbocycles. The number of carbonyl (C=O) groups is 1. The number of hydrogen-bond acceptors (Lipinski definition) is 4. The molecule has 1 aromatic rings. The number of sulfonamides is 1. The van der Waals surface area contributed by atoms with Crippen LogP contribution in [0.4, 0.5) is 0 Å². The quantitative estimate of drug-likeness (QED) is 0.850. The number of hydrogen-bond donors (Lipinski definition) is 0. The maximum absolute atomic E-state index is 12.3. The highest BCUT2D eigenvalue weighted by atomic mass is 35.5. The molecule has 106 valence electrons. The van der Waals surface area contributed by atoms with E-state index in [9.17, 15) is 13.2 Å². The summed E-state index contributed by atoms with van der Waals surface area (Å²) >= 11 is 6.83. The van der Waals surface area contributed by atoms with Gasteiger partial charge in [0.15, 0.2) is 0 Å². The molecule has 1 saturated heterocycles. The normalized spacial score (nSPS) is 17.7. The minimum atomic E-state index is -3.47. The van der Waals surface area contributed by atoms with Gasteiger partial charge in [0.2, 0.25) is 5.91 Å². The molecule has 1 aliphatic rings. The zero-order valence-corrected chi connectivity index (χ0v) is 12.9. The summed E-state index contributed by atoms with van der Waals surface area (Å²) in [5.74, 6) is 0.0659. The Hall–Kier alpha value is -0.630. The topological polar surface area (TPSA) is 57.7 Å². The third kappa shape index (κ3) is 3.10. The molecule has 0 radical (unpaired) electrons. The molecule has 0 spiro atoms. The Balaban J connectivity index is 2.07. The molecule has 19 heavy (non-hydrogen) atoms. The monoisotopic (exact) mass is 322 g/mol. The van der Waals surface area contributed by atoms with Gasteiger partial charge in [-0.2, -0.15) is 4.31 Å². The second-order valence-corrected chi connectivity index (χ2v) is 8.08. The van der Waals surface area contributed by atoms with Gasteiger partial charge >= 0.3 is 0 Å². The molecule has 0 atom stereocenters. The standard InChI is InChI=1S/C11H15ClN2O3S2/c1-2-10(15)13-5-7-14(8-6-13)19(16,17)11-4-3-9(12)18-11/h3-4H,2,5-8H2,1H3. The highest BCUT2D eigenvalue weighted by molar-refractivity contribution is 7.91. The molecular formula is C11H15ClN2O3S2. The summed E-state index contributed by atoms with van der Waals surface area (Å²) in [7, 11) is -3.47. The Bertz CT molecular complexity index is 562. The smallest absolute Gasteiger partial charge is 0.252 e. The van der Waals surface area contributed by atoms with Gasteiger partial charge in [0.1, 0.15) is 4.21 Å². The molecule has 1 amide bonds. The van der Waals surface area contributed by atoms with Crippen molar-refractivity contribution in [3.63, 3.8) is 0 Å². The lowest BCUT2D eigenvalue weighted by molar-refractivity contribution is -0.132. The van der Waals surface area contributed by atoms with Crippen LogP contribution in [-0.2, 0) is 14.8 Å². The third-order valence-electron chi connectivity index (χ3n) is 3.04. The van der Waals surface area contributed by atoms with Crippen molar-refractivity contribution >= 4 is 38.9 Å². The zero-order valence-electron chi connectivity index (χ0n) is 10.5. The molecule has 0 saturated carbocycles. The predicted octanol–water partition coefficient (Wildman–Crippen LogP) is 1.64. The molecule has 0 aliphatic carbocycles. The number of amides is 1. The molecule has 2 rings (SSSR count). The molecule has 0 bridgehead atoms. The van der Waals surface area contributed by atoms with Crippen molar-refractivity contribution in [2.24, 2.45) is 0 Å². The van der Waals surface area contributed by atoms with Crippen LogP contribution in [0.1, 0.15) is 13.3 Å². The van der Waals surface area contributed by atoms with E-state index in [0.29, 0.717) is 36.9 Å². The van der Waals surface area contributed by atoms with Gasteiger partial charge in [-0.15, -0.1) is 11.3 Å². The first kappa shape index (κ1) is 14.8. The van der Waals surface area contributed by atoms with E-state index in [-0.39, 0.29) is 10.1 Å². The van der Waals surface area contributed by atoms with E-state index in [0.717, 1.165) is 11.3 Å². The van der Waals surface area contributed by atoms with Gasteiger partial charge in [0.25, 0.3) is 10.0 Å². The minimum absolute atomic E-state index is 0.0659. The number of rotatable bonds is 3. The molecule has 8 heteroatoms. The molecule has 1 fully saturated rings. The summed E-state index contributed by atoms with van der Waals surface area (Å²) in [5.41, 5.74) is 0. The van der Waals surface area contributed by atoms with Crippen molar-refractivity contribution in [2.45, 2.75) is 17.6 Å². The highest BCUT2D eigenvalue weighted by Crippen LogP contribution is 2.28. The van der Waals surface area contributed by atoms with Gasteiger partial charge in [0, 0.05) is 32.6 Å². The van der Waals surface area contributed by atoms with E-state index in [1.807, 2.05) is 0 Å². The fourth-order valence-electron chi connectivity index (χ4n) is 1.97. The molecule has 1 aromatic heterocycles. The maximum atomic E-state index is 12.3. The summed E-state index contributed by atoms with van der Waals surface area (Å²) in [6.07, 6.45) is 0.452. The first-order valence-electron chi connectivity index (χ1n) is 5.98. The van der Waals surface area contributed by atoms with Crippen LogP contribution in [0.2, 0.25) is 4.34 Å². The Morgan fingerprint density at radius 3 is 2.42 bits per heavy atom. The van der Waals surface area contributed by atoms with E-state index < -0.39 is 10.0 Å². The third-order valence-corrected chi connectivity index (χ3v) is 6.63.